The minimum atomic E-state index is -0.162. The van der Waals surface area contributed by atoms with Crippen LogP contribution >= 0.6 is 11.3 Å². The molecule has 6 heteroatoms. The van der Waals surface area contributed by atoms with Gasteiger partial charge in [-0.05, 0) is 39.3 Å². The Morgan fingerprint density at radius 3 is 2.84 bits per heavy atom. The topological polar surface area (TPSA) is 36.4 Å². The van der Waals surface area contributed by atoms with Crippen molar-refractivity contribution in [3.8, 4) is 0 Å². The zero-order valence-electron chi connectivity index (χ0n) is 15.0. The number of amides is 1. The van der Waals surface area contributed by atoms with Crippen molar-refractivity contribution in [3.63, 3.8) is 0 Å². The van der Waals surface area contributed by atoms with Crippen LogP contribution < -0.4 is 0 Å². The number of aryl methyl sites for hydroxylation is 2. The summed E-state index contributed by atoms with van der Waals surface area (Å²) in [7, 11) is 1.87. The maximum Gasteiger partial charge on any atom is 0.265 e. The predicted octanol–water partition coefficient (Wildman–Crippen LogP) is 3.64. The Kier molecular flexibility index (Phi) is 5.49. The van der Waals surface area contributed by atoms with E-state index in [1.165, 1.54) is 17.4 Å². The van der Waals surface area contributed by atoms with Gasteiger partial charge in [-0.1, -0.05) is 18.2 Å². The van der Waals surface area contributed by atoms with Crippen molar-refractivity contribution in [2.45, 2.75) is 39.3 Å². The largest absolute Gasteiger partial charge is 0.337 e. The number of hydrogen-bond acceptors (Lipinski definition) is 4. The predicted molar refractivity (Wildman–Crippen MR) is 98.4 cm³/mol. The van der Waals surface area contributed by atoms with Crippen LogP contribution in [-0.2, 0) is 6.54 Å². The Bertz CT molecular complexity index is 761. The van der Waals surface area contributed by atoms with Crippen LogP contribution in [0.5, 0.6) is 0 Å². The van der Waals surface area contributed by atoms with Crippen molar-refractivity contribution in [2.75, 3.05) is 20.1 Å². The number of rotatable bonds is 4. The smallest absolute Gasteiger partial charge is 0.265 e. The molecular weight excluding hydrogens is 337 g/mol. The molecule has 0 N–H and O–H groups in total. The molecule has 1 fully saturated rings. The fourth-order valence-corrected chi connectivity index (χ4v) is 4.32. The molecule has 1 saturated heterocycles. The van der Waals surface area contributed by atoms with Crippen molar-refractivity contribution >= 4 is 17.2 Å². The molecule has 0 radical (unpaired) electrons. The normalized spacial score (nSPS) is 18.3. The summed E-state index contributed by atoms with van der Waals surface area (Å²) < 4.78 is 13.9. The van der Waals surface area contributed by atoms with Gasteiger partial charge in [0.2, 0.25) is 0 Å². The first-order valence-electron chi connectivity index (χ1n) is 8.62. The Labute approximate surface area is 152 Å². The number of benzene rings is 1. The molecule has 0 saturated carbocycles. The average molecular weight is 361 g/mol. The Morgan fingerprint density at radius 2 is 2.16 bits per heavy atom. The average Bonchev–Trinajstić information content (AvgIpc) is 2.94. The van der Waals surface area contributed by atoms with Gasteiger partial charge in [0.15, 0.2) is 0 Å². The Balaban J connectivity index is 1.67. The summed E-state index contributed by atoms with van der Waals surface area (Å²) in [5.41, 5.74) is 1.52. The zero-order valence-corrected chi connectivity index (χ0v) is 15.8. The van der Waals surface area contributed by atoms with Crippen LogP contribution in [-0.4, -0.2) is 46.9 Å². The minimum Gasteiger partial charge on any atom is -0.337 e. The van der Waals surface area contributed by atoms with E-state index in [9.17, 15) is 9.18 Å². The first-order chi connectivity index (χ1) is 12.0. The number of likely N-dealkylation sites (tertiary alicyclic amines) is 1. The van der Waals surface area contributed by atoms with Gasteiger partial charge in [-0.25, -0.2) is 9.37 Å². The molecule has 1 aliphatic heterocycles. The summed E-state index contributed by atoms with van der Waals surface area (Å²) in [6.45, 7) is 6.10. The van der Waals surface area contributed by atoms with Gasteiger partial charge in [-0.2, -0.15) is 0 Å². The molecule has 2 heterocycles. The van der Waals surface area contributed by atoms with E-state index in [-0.39, 0.29) is 17.8 Å². The van der Waals surface area contributed by atoms with Crippen LogP contribution in [0.15, 0.2) is 24.3 Å². The molecule has 0 aliphatic carbocycles. The molecule has 2 aromatic rings. The minimum absolute atomic E-state index is 0.0424. The highest BCUT2D eigenvalue weighted by molar-refractivity contribution is 7.13. The second-order valence-electron chi connectivity index (χ2n) is 6.69. The lowest BCUT2D eigenvalue weighted by Gasteiger charge is -2.37. The Hall–Kier alpha value is -1.79. The summed E-state index contributed by atoms with van der Waals surface area (Å²) >= 11 is 1.45. The second-order valence-corrected chi connectivity index (χ2v) is 7.89. The third-order valence-electron chi connectivity index (χ3n) is 4.80. The number of piperidine rings is 1. The van der Waals surface area contributed by atoms with E-state index in [0.717, 1.165) is 41.5 Å². The third kappa shape index (κ3) is 4.07. The quantitative estimate of drug-likeness (QED) is 0.834. The van der Waals surface area contributed by atoms with Crippen molar-refractivity contribution in [1.82, 2.24) is 14.8 Å². The molecule has 1 atom stereocenters. The molecular formula is C19H24FN3OS. The van der Waals surface area contributed by atoms with Crippen LogP contribution in [0.4, 0.5) is 4.39 Å². The maximum atomic E-state index is 13.9. The van der Waals surface area contributed by atoms with E-state index >= 15 is 0 Å². The first-order valence-corrected chi connectivity index (χ1v) is 9.44. The number of hydrogen-bond donors (Lipinski definition) is 0. The van der Waals surface area contributed by atoms with Crippen LogP contribution in [0.2, 0.25) is 0 Å². The van der Waals surface area contributed by atoms with E-state index in [0.29, 0.717) is 12.1 Å². The number of nitrogens with zero attached hydrogens (tertiary/aromatic N) is 3. The lowest BCUT2D eigenvalue weighted by atomic mass is 10.0. The number of likely N-dealkylation sites (N-methyl/N-ethyl adjacent to an activating group) is 1. The van der Waals surface area contributed by atoms with Gasteiger partial charge in [0, 0.05) is 31.7 Å². The third-order valence-corrected chi connectivity index (χ3v) is 5.86. The molecule has 3 rings (SSSR count). The standard InChI is InChI=1S/C19H24FN3OS/c1-13-18(25-14(2)21-13)19(24)22(3)16-8-6-10-23(12-16)11-15-7-4-5-9-17(15)20/h4-5,7,9,16H,6,8,10-12H2,1-3H3. The van der Waals surface area contributed by atoms with Gasteiger partial charge in [-0.3, -0.25) is 9.69 Å². The number of carbonyl (C=O) groups excluding carboxylic acids is 1. The summed E-state index contributed by atoms with van der Waals surface area (Å²) in [5.74, 6) is -0.120. The van der Waals surface area contributed by atoms with E-state index in [2.05, 4.69) is 9.88 Å². The maximum absolute atomic E-state index is 13.9. The van der Waals surface area contributed by atoms with Crippen molar-refractivity contribution < 1.29 is 9.18 Å². The molecule has 25 heavy (non-hydrogen) atoms. The summed E-state index contributed by atoms with van der Waals surface area (Å²) in [6, 6.07) is 7.06. The van der Waals surface area contributed by atoms with Crippen molar-refractivity contribution in [2.24, 2.45) is 0 Å². The monoisotopic (exact) mass is 361 g/mol. The molecule has 1 aromatic heterocycles. The van der Waals surface area contributed by atoms with E-state index in [1.54, 1.807) is 6.07 Å². The summed E-state index contributed by atoms with van der Waals surface area (Å²) in [6.07, 6.45) is 1.99. The van der Waals surface area contributed by atoms with Crippen molar-refractivity contribution in [3.05, 3.63) is 51.2 Å². The molecule has 1 aliphatic rings. The highest BCUT2D eigenvalue weighted by Gasteiger charge is 2.28. The number of thiazole rings is 1. The SMILES string of the molecule is Cc1nc(C)c(C(=O)N(C)C2CCCN(Cc3ccccc3F)C2)s1. The molecule has 134 valence electrons. The highest BCUT2D eigenvalue weighted by Crippen LogP contribution is 2.23. The number of aromatic nitrogens is 1. The van der Waals surface area contributed by atoms with Gasteiger partial charge >= 0.3 is 0 Å². The second kappa shape index (κ2) is 7.62. The van der Waals surface area contributed by atoms with Crippen molar-refractivity contribution in [1.29, 1.82) is 0 Å². The zero-order chi connectivity index (χ0) is 18.0. The summed E-state index contributed by atoms with van der Waals surface area (Å²) in [5, 5.41) is 0.916. The van der Waals surface area contributed by atoms with Gasteiger partial charge in [-0.15, -0.1) is 11.3 Å². The molecule has 1 aromatic carbocycles. The van der Waals surface area contributed by atoms with E-state index in [1.807, 2.05) is 37.9 Å². The van der Waals surface area contributed by atoms with Crippen LogP contribution in [0.25, 0.3) is 0 Å². The highest BCUT2D eigenvalue weighted by atomic mass is 32.1. The molecule has 0 bridgehead atoms. The Morgan fingerprint density at radius 1 is 1.40 bits per heavy atom. The van der Waals surface area contributed by atoms with E-state index in [4.69, 9.17) is 0 Å². The fourth-order valence-electron chi connectivity index (χ4n) is 3.41. The number of halogens is 1. The van der Waals surface area contributed by atoms with Crippen LogP contribution in [0.1, 0.15) is 38.8 Å². The van der Waals surface area contributed by atoms with Crippen LogP contribution in [0, 0.1) is 19.7 Å². The molecule has 4 nitrogen and oxygen atoms in total. The van der Waals surface area contributed by atoms with Gasteiger partial charge in [0.25, 0.3) is 5.91 Å². The lowest BCUT2D eigenvalue weighted by molar-refractivity contribution is 0.0611. The van der Waals surface area contributed by atoms with Crippen LogP contribution in [0.3, 0.4) is 0 Å². The molecule has 0 spiro atoms. The first kappa shape index (κ1) is 18.0. The number of carbonyl (C=O) groups is 1. The fraction of sp³-hybridized carbons (Fsp3) is 0.474. The lowest BCUT2D eigenvalue weighted by Crippen LogP contribution is -2.48. The summed E-state index contributed by atoms with van der Waals surface area (Å²) in [4.78, 5) is 22.0. The molecule has 1 unspecified atom stereocenters. The van der Waals surface area contributed by atoms with Gasteiger partial charge in [0.1, 0.15) is 10.7 Å². The van der Waals surface area contributed by atoms with Gasteiger partial charge < -0.3 is 4.90 Å². The molecule has 1 amide bonds. The van der Waals surface area contributed by atoms with Gasteiger partial charge in [0.05, 0.1) is 10.7 Å². The van der Waals surface area contributed by atoms with E-state index < -0.39 is 0 Å².